The zero-order chi connectivity index (χ0) is 5.98. The Morgan fingerprint density at radius 1 is 1.78 bits per heavy atom. The fraction of sp³-hybridized carbons (Fsp3) is 0.800. The quantitative estimate of drug-likeness (QED) is 0.582. The molecule has 1 radical (unpaired) electrons. The molecular formula is C5H9NO2Y. The third-order valence-corrected chi connectivity index (χ3v) is 1.32. The van der Waals surface area contributed by atoms with E-state index in [0.29, 0.717) is 13.0 Å². The summed E-state index contributed by atoms with van der Waals surface area (Å²) >= 11 is 0. The van der Waals surface area contributed by atoms with Crippen LogP contribution in [0.2, 0.25) is 0 Å². The molecule has 0 saturated carbocycles. The van der Waals surface area contributed by atoms with E-state index >= 15 is 0 Å². The van der Waals surface area contributed by atoms with Gasteiger partial charge in [-0.3, -0.25) is 4.79 Å². The van der Waals surface area contributed by atoms with Gasteiger partial charge in [-0.15, -0.1) is 0 Å². The van der Waals surface area contributed by atoms with Crippen LogP contribution in [0.5, 0.6) is 0 Å². The molecule has 1 heterocycles. The number of carbonyl (C=O) groups is 1. The maximum Gasteiger partial charge on any atom is 0.220 e. The molecule has 1 fully saturated rings. The van der Waals surface area contributed by atoms with Crippen LogP contribution in [0.4, 0.5) is 0 Å². The number of rotatable bonds is 1. The molecule has 0 aromatic carbocycles. The minimum atomic E-state index is 0. The normalized spacial score (nSPS) is 25.0. The van der Waals surface area contributed by atoms with Gasteiger partial charge in [0.05, 0.1) is 0 Å². The molecule has 0 bridgehead atoms. The summed E-state index contributed by atoms with van der Waals surface area (Å²) in [7, 11) is 0. The van der Waals surface area contributed by atoms with Gasteiger partial charge in [0, 0.05) is 58.2 Å². The number of nitrogens with one attached hydrogen (secondary N) is 1. The number of hydrogen-bond acceptors (Lipinski definition) is 2. The van der Waals surface area contributed by atoms with Gasteiger partial charge >= 0.3 is 0 Å². The summed E-state index contributed by atoms with van der Waals surface area (Å²) in [6.45, 7) is 0.772. The Balaban J connectivity index is 0.000000640. The Morgan fingerprint density at radius 3 is 2.67 bits per heavy atom. The van der Waals surface area contributed by atoms with Crippen LogP contribution >= 0.6 is 0 Å². The van der Waals surface area contributed by atoms with Crippen molar-refractivity contribution in [2.45, 2.75) is 6.42 Å². The average molecular weight is 204 g/mol. The number of hydrogen-bond donors (Lipinski definition) is 2. The molecule has 1 saturated heterocycles. The zero-order valence-corrected chi connectivity index (χ0v) is 7.97. The zero-order valence-electron chi connectivity index (χ0n) is 5.13. The van der Waals surface area contributed by atoms with E-state index in [-0.39, 0.29) is 51.1 Å². The number of aliphatic hydroxyl groups excluding tert-OH is 1. The van der Waals surface area contributed by atoms with E-state index in [0.717, 1.165) is 0 Å². The van der Waals surface area contributed by atoms with Gasteiger partial charge in [0.2, 0.25) is 5.91 Å². The van der Waals surface area contributed by atoms with Crippen molar-refractivity contribution in [1.82, 2.24) is 5.32 Å². The topological polar surface area (TPSA) is 49.3 Å². The van der Waals surface area contributed by atoms with E-state index in [1.165, 1.54) is 0 Å². The molecule has 1 aliphatic rings. The average Bonchev–Trinajstić information content (AvgIpc) is 2.14. The Morgan fingerprint density at radius 2 is 2.44 bits per heavy atom. The molecule has 0 spiro atoms. The van der Waals surface area contributed by atoms with Crippen LogP contribution in [0.3, 0.4) is 0 Å². The molecule has 1 unspecified atom stereocenters. The molecule has 2 N–H and O–H groups in total. The van der Waals surface area contributed by atoms with Gasteiger partial charge in [-0.25, -0.2) is 0 Å². The van der Waals surface area contributed by atoms with Crippen LogP contribution < -0.4 is 5.32 Å². The van der Waals surface area contributed by atoms with Gasteiger partial charge in [0.1, 0.15) is 0 Å². The summed E-state index contributed by atoms with van der Waals surface area (Å²) in [4.78, 5) is 10.4. The first kappa shape index (κ1) is 9.53. The SMILES string of the molecule is O=C1CC(CO)CN1.[Y]. The van der Waals surface area contributed by atoms with Crippen LogP contribution in [0, 0.1) is 5.92 Å². The minimum Gasteiger partial charge on any atom is -0.396 e. The smallest absolute Gasteiger partial charge is 0.220 e. The van der Waals surface area contributed by atoms with Crippen molar-refractivity contribution in [3.05, 3.63) is 0 Å². The Kier molecular flexibility index (Phi) is 4.62. The molecule has 9 heavy (non-hydrogen) atoms. The first-order chi connectivity index (χ1) is 3.83. The van der Waals surface area contributed by atoms with E-state index in [1.807, 2.05) is 0 Å². The molecular weight excluding hydrogens is 195 g/mol. The van der Waals surface area contributed by atoms with Crippen LogP contribution in [-0.2, 0) is 37.5 Å². The van der Waals surface area contributed by atoms with E-state index in [1.54, 1.807) is 0 Å². The van der Waals surface area contributed by atoms with Gasteiger partial charge in [0.15, 0.2) is 0 Å². The summed E-state index contributed by atoms with van der Waals surface area (Å²) < 4.78 is 0. The molecule has 0 aromatic heterocycles. The summed E-state index contributed by atoms with van der Waals surface area (Å²) in [5, 5.41) is 11.1. The number of aliphatic hydroxyl groups is 1. The third kappa shape index (κ3) is 2.74. The summed E-state index contributed by atoms with van der Waals surface area (Å²) in [6.07, 6.45) is 0.497. The summed E-state index contributed by atoms with van der Waals surface area (Å²) in [5.41, 5.74) is 0. The van der Waals surface area contributed by atoms with Crippen molar-refractivity contribution in [2.75, 3.05) is 13.2 Å². The molecule has 1 amide bonds. The van der Waals surface area contributed by atoms with Gasteiger partial charge in [-0.2, -0.15) is 0 Å². The van der Waals surface area contributed by atoms with E-state index in [2.05, 4.69) is 5.32 Å². The molecule has 0 aromatic rings. The second kappa shape index (κ2) is 4.37. The predicted molar refractivity (Wildman–Crippen MR) is 28.2 cm³/mol. The number of amides is 1. The van der Waals surface area contributed by atoms with Crippen molar-refractivity contribution < 1.29 is 42.6 Å². The Labute approximate surface area is 79.1 Å². The van der Waals surface area contributed by atoms with Crippen molar-refractivity contribution in [3.8, 4) is 0 Å². The summed E-state index contributed by atoms with van der Waals surface area (Å²) in [5.74, 6) is 0.228. The second-order valence-electron chi connectivity index (χ2n) is 2.06. The van der Waals surface area contributed by atoms with Gasteiger partial charge < -0.3 is 10.4 Å². The molecule has 1 atom stereocenters. The largest absolute Gasteiger partial charge is 0.396 e. The standard InChI is InChI=1S/C5H9NO2.Y/c7-3-4-1-5(8)6-2-4;/h4,7H,1-3H2,(H,6,8);. The first-order valence-corrected chi connectivity index (χ1v) is 2.70. The van der Waals surface area contributed by atoms with Crippen LogP contribution in [0.15, 0.2) is 0 Å². The summed E-state index contributed by atoms with van der Waals surface area (Å²) in [6, 6.07) is 0. The molecule has 1 aliphatic heterocycles. The van der Waals surface area contributed by atoms with Crippen LogP contribution in [0.1, 0.15) is 6.42 Å². The van der Waals surface area contributed by atoms with E-state index < -0.39 is 0 Å². The first-order valence-electron chi connectivity index (χ1n) is 2.70. The molecule has 0 aliphatic carbocycles. The third-order valence-electron chi connectivity index (χ3n) is 1.32. The molecule has 4 heteroatoms. The molecule has 3 nitrogen and oxygen atoms in total. The van der Waals surface area contributed by atoms with E-state index in [4.69, 9.17) is 5.11 Å². The maximum absolute atomic E-state index is 10.4. The molecule has 1 rings (SSSR count). The minimum absolute atomic E-state index is 0. The Hall–Kier alpha value is 0.534. The predicted octanol–water partition coefficient (Wildman–Crippen LogP) is -0.888. The van der Waals surface area contributed by atoms with Crippen molar-refractivity contribution in [3.63, 3.8) is 0 Å². The fourth-order valence-corrected chi connectivity index (χ4v) is 0.794. The van der Waals surface area contributed by atoms with Crippen LogP contribution in [0.25, 0.3) is 0 Å². The maximum atomic E-state index is 10.4. The van der Waals surface area contributed by atoms with Gasteiger partial charge in [-0.05, 0) is 0 Å². The van der Waals surface area contributed by atoms with E-state index in [9.17, 15) is 4.79 Å². The van der Waals surface area contributed by atoms with Crippen molar-refractivity contribution in [1.29, 1.82) is 0 Å². The number of carbonyl (C=O) groups excluding carboxylic acids is 1. The molecule has 49 valence electrons. The second-order valence-corrected chi connectivity index (χ2v) is 2.06. The Bertz CT molecular complexity index is 107. The monoisotopic (exact) mass is 204 g/mol. The van der Waals surface area contributed by atoms with Crippen LogP contribution in [-0.4, -0.2) is 24.2 Å². The van der Waals surface area contributed by atoms with Gasteiger partial charge in [-0.1, -0.05) is 0 Å². The van der Waals surface area contributed by atoms with Crippen molar-refractivity contribution >= 4 is 5.91 Å². The van der Waals surface area contributed by atoms with Crippen molar-refractivity contribution in [2.24, 2.45) is 5.92 Å². The fourth-order valence-electron chi connectivity index (χ4n) is 0.794. The van der Waals surface area contributed by atoms with Gasteiger partial charge in [0.25, 0.3) is 0 Å².